The number of piperidine rings is 1. The fraction of sp³-hybridized carbons (Fsp3) is 0.333. The molecule has 110 valence electrons. The SMILES string of the molecule is O=C(O)C1CCCCN1C(=O)c1sc2ccccc2c1Cl. The van der Waals surface area contributed by atoms with E-state index in [1.165, 1.54) is 16.2 Å². The van der Waals surface area contributed by atoms with Crippen LogP contribution in [0.15, 0.2) is 24.3 Å². The molecule has 0 radical (unpaired) electrons. The molecule has 1 fully saturated rings. The van der Waals surface area contributed by atoms with Crippen molar-refractivity contribution < 1.29 is 14.7 Å². The molecule has 3 rings (SSSR count). The summed E-state index contributed by atoms with van der Waals surface area (Å²) >= 11 is 7.64. The largest absolute Gasteiger partial charge is 0.480 e. The third-order valence-corrected chi connectivity index (χ3v) is 5.44. The van der Waals surface area contributed by atoms with Crippen LogP contribution in [0.4, 0.5) is 0 Å². The van der Waals surface area contributed by atoms with Crippen LogP contribution in [-0.4, -0.2) is 34.5 Å². The summed E-state index contributed by atoms with van der Waals surface area (Å²) in [5, 5.41) is 10.6. The molecular formula is C15H14ClNO3S. The number of halogens is 1. The van der Waals surface area contributed by atoms with Gasteiger partial charge in [0.1, 0.15) is 10.9 Å². The number of likely N-dealkylation sites (tertiary alicyclic amines) is 1. The topological polar surface area (TPSA) is 57.6 Å². The Morgan fingerprint density at radius 2 is 2.05 bits per heavy atom. The number of amides is 1. The van der Waals surface area contributed by atoms with Crippen molar-refractivity contribution in [3.63, 3.8) is 0 Å². The Morgan fingerprint density at radius 3 is 2.76 bits per heavy atom. The quantitative estimate of drug-likeness (QED) is 0.918. The van der Waals surface area contributed by atoms with Crippen LogP contribution in [-0.2, 0) is 4.79 Å². The summed E-state index contributed by atoms with van der Waals surface area (Å²) in [5.41, 5.74) is 0. The van der Waals surface area contributed by atoms with E-state index >= 15 is 0 Å². The zero-order valence-electron chi connectivity index (χ0n) is 11.2. The number of hydrogen-bond donors (Lipinski definition) is 1. The molecule has 0 bridgehead atoms. The second kappa shape index (κ2) is 5.66. The lowest BCUT2D eigenvalue weighted by atomic mass is 10.0. The van der Waals surface area contributed by atoms with Gasteiger partial charge >= 0.3 is 5.97 Å². The highest BCUT2D eigenvalue weighted by Gasteiger charge is 2.34. The number of hydrogen-bond acceptors (Lipinski definition) is 3. The highest BCUT2D eigenvalue weighted by atomic mass is 35.5. The van der Waals surface area contributed by atoms with Gasteiger partial charge in [-0.1, -0.05) is 29.8 Å². The third-order valence-electron chi connectivity index (χ3n) is 3.78. The predicted octanol–water partition coefficient (Wildman–Crippen LogP) is 3.63. The molecule has 0 aliphatic carbocycles. The van der Waals surface area contributed by atoms with E-state index in [-0.39, 0.29) is 5.91 Å². The van der Waals surface area contributed by atoms with Crippen LogP contribution in [0.2, 0.25) is 5.02 Å². The molecular weight excluding hydrogens is 310 g/mol. The molecule has 1 aliphatic heterocycles. The van der Waals surface area contributed by atoms with E-state index in [9.17, 15) is 14.7 Å². The molecule has 21 heavy (non-hydrogen) atoms. The lowest BCUT2D eigenvalue weighted by molar-refractivity contribution is -0.143. The van der Waals surface area contributed by atoms with Crippen molar-refractivity contribution in [1.29, 1.82) is 0 Å². The van der Waals surface area contributed by atoms with Gasteiger partial charge in [0, 0.05) is 16.6 Å². The molecule has 0 saturated carbocycles. The molecule has 1 atom stereocenters. The first kappa shape index (κ1) is 14.4. The second-order valence-corrected chi connectivity index (χ2v) is 6.52. The first-order valence-electron chi connectivity index (χ1n) is 6.80. The standard InChI is InChI=1S/C15H14ClNO3S/c16-12-9-5-1-2-7-11(9)21-13(12)14(18)17-8-4-3-6-10(17)15(19)20/h1-2,5,7,10H,3-4,6,8H2,(H,19,20). The summed E-state index contributed by atoms with van der Waals surface area (Å²) in [6, 6.07) is 6.80. The van der Waals surface area contributed by atoms with Gasteiger partial charge in [-0.2, -0.15) is 0 Å². The average Bonchev–Trinajstić information content (AvgIpc) is 2.84. The van der Waals surface area contributed by atoms with Crippen LogP contribution in [0.25, 0.3) is 10.1 Å². The van der Waals surface area contributed by atoms with Gasteiger partial charge in [-0.25, -0.2) is 4.79 Å². The van der Waals surface area contributed by atoms with Crippen LogP contribution in [0.1, 0.15) is 28.9 Å². The van der Waals surface area contributed by atoms with Crippen LogP contribution >= 0.6 is 22.9 Å². The molecule has 6 heteroatoms. The van der Waals surface area contributed by atoms with Crippen LogP contribution < -0.4 is 0 Å². The van der Waals surface area contributed by atoms with Gasteiger partial charge < -0.3 is 10.0 Å². The molecule has 1 N–H and O–H groups in total. The fourth-order valence-corrected chi connectivity index (χ4v) is 4.18. The zero-order chi connectivity index (χ0) is 15.0. The van der Waals surface area contributed by atoms with Crippen molar-refractivity contribution >= 4 is 44.9 Å². The molecule has 0 spiro atoms. The first-order chi connectivity index (χ1) is 10.1. The molecule has 1 aliphatic rings. The van der Waals surface area contributed by atoms with E-state index in [0.717, 1.165) is 22.9 Å². The lowest BCUT2D eigenvalue weighted by Gasteiger charge is -2.32. The third kappa shape index (κ3) is 2.51. The average molecular weight is 324 g/mol. The van der Waals surface area contributed by atoms with Crippen molar-refractivity contribution in [2.45, 2.75) is 25.3 Å². The molecule has 1 saturated heterocycles. The maximum Gasteiger partial charge on any atom is 0.326 e. The normalized spacial score (nSPS) is 18.9. The van der Waals surface area contributed by atoms with E-state index in [2.05, 4.69) is 0 Å². The molecule has 1 amide bonds. The first-order valence-corrected chi connectivity index (χ1v) is 8.00. The van der Waals surface area contributed by atoms with Crippen molar-refractivity contribution in [2.75, 3.05) is 6.54 Å². The highest BCUT2D eigenvalue weighted by Crippen LogP contribution is 2.36. The van der Waals surface area contributed by atoms with Crippen LogP contribution in [0, 0.1) is 0 Å². The summed E-state index contributed by atoms with van der Waals surface area (Å²) in [5.74, 6) is -1.21. The molecule has 2 aromatic rings. The van der Waals surface area contributed by atoms with E-state index in [0.29, 0.717) is 22.9 Å². The highest BCUT2D eigenvalue weighted by molar-refractivity contribution is 7.21. The second-order valence-electron chi connectivity index (χ2n) is 5.09. The van der Waals surface area contributed by atoms with Gasteiger partial charge in [0.25, 0.3) is 5.91 Å². The number of fused-ring (bicyclic) bond motifs is 1. The van der Waals surface area contributed by atoms with E-state index in [1.54, 1.807) is 0 Å². The number of carboxylic acids is 1. The number of carbonyl (C=O) groups is 2. The van der Waals surface area contributed by atoms with Crippen molar-refractivity contribution in [3.8, 4) is 0 Å². The van der Waals surface area contributed by atoms with E-state index in [4.69, 9.17) is 11.6 Å². The summed E-state index contributed by atoms with van der Waals surface area (Å²) in [6.45, 7) is 0.473. The van der Waals surface area contributed by atoms with Crippen molar-refractivity contribution in [3.05, 3.63) is 34.2 Å². The summed E-state index contributed by atoms with van der Waals surface area (Å²) in [4.78, 5) is 25.9. The summed E-state index contributed by atoms with van der Waals surface area (Å²) in [6.07, 6.45) is 2.17. The van der Waals surface area contributed by atoms with Gasteiger partial charge in [-0.3, -0.25) is 4.79 Å². The van der Waals surface area contributed by atoms with Gasteiger partial charge in [0.05, 0.1) is 5.02 Å². The zero-order valence-corrected chi connectivity index (χ0v) is 12.8. The van der Waals surface area contributed by atoms with E-state index < -0.39 is 12.0 Å². The predicted molar refractivity (Wildman–Crippen MR) is 83.1 cm³/mol. The Hall–Kier alpha value is -1.59. The molecule has 1 unspecified atom stereocenters. The Morgan fingerprint density at radius 1 is 1.29 bits per heavy atom. The van der Waals surface area contributed by atoms with Crippen LogP contribution in [0.5, 0.6) is 0 Å². The minimum atomic E-state index is -0.944. The Labute approximate surface area is 130 Å². The van der Waals surface area contributed by atoms with Gasteiger partial charge in [-0.15, -0.1) is 11.3 Å². The van der Waals surface area contributed by atoms with Crippen LogP contribution in [0.3, 0.4) is 0 Å². The number of rotatable bonds is 2. The molecule has 4 nitrogen and oxygen atoms in total. The number of nitrogens with zero attached hydrogens (tertiary/aromatic N) is 1. The summed E-state index contributed by atoms with van der Waals surface area (Å²) in [7, 11) is 0. The Kier molecular flexibility index (Phi) is 3.87. The smallest absolute Gasteiger partial charge is 0.326 e. The lowest BCUT2D eigenvalue weighted by Crippen LogP contribution is -2.47. The maximum absolute atomic E-state index is 12.7. The number of benzene rings is 1. The number of carbonyl (C=O) groups excluding carboxylic acids is 1. The number of thiophene rings is 1. The van der Waals surface area contributed by atoms with Gasteiger partial charge in [0.15, 0.2) is 0 Å². The molecule has 2 heterocycles. The Balaban J connectivity index is 1.99. The Bertz CT molecular complexity index is 712. The monoisotopic (exact) mass is 323 g/mol. The molecule has 1 aromatic heterocycles. The summed E-state index contributed by atoms with van der Waals surface area (Å²) < 4.78 is 0.940. The van der Waals surface area contributed by atoms with Crippen molar-refractivity contribution in [2.24, 2.45) is 0 Å². The number of carboxylic acid groups (broad SMARTS) is 1. The molecule has 1 aromatic carbocycles. The minimum Gasteiger partial charge on any atom is -0.480 e. The van der Waals surface area contributed by atoms with Gasteiger partial charge in [0.2, 0.25) is 0 Å². The number of aliphatic carboxylic acids is 1. The maximum atomic E-state index is 12.7. The fourth-order valence-electron chi connectivity index (χ4n) is 2.71. The van der Waals surface area contributed by atoms with E-state index in [1.807, 2.05) is 24.3 Å². The minimum absolute atomic E-state index is 0.270. The van der Waals surface area contributed by atoms with Crippen molar-refractivity contribution in [1.82, 2.24) is 4.90 Å². The van der Waals surface area contributed by atoms with Gasteiger partial charge in [-0.05, 0) is 25.3 Å².